The number of nitrogens with zero attached hydrogens (tertiary/aromatic N) is 1. The molecule has 3 nitrogen and oxygen atoms in total. The first-order valence-electron chi connectivity index (χ1n) is 9.00. The number of piperidine rings is 1. The quantitative estimate of drug-likeness (QED) is 0.863. The maximum absolute atomic E-state index is 6.21. The lowest BCUT2D eigenvalue weighted by Crippen LogP contribution is -2.53. The number of rotatable bonds is 4. The van der Waals surface area contributed by atoms with Gasteiger partial charge in [-0.2, -0.15) is 11.8 Å². The van der Waals surface area contributed by atoms with Gasteiger partial charge in [-0.25, -0.2) is 0 Å². The van der Waals surface area contributed by atoms with Gasteiger partial charge in [-0.05, 0) is 76.1 Å². The molecule has 3 rings (SSSR count). The average molecular weight is 313 g/mol. The summed E-state index contributed by atoms with van der Waals surface area (Å²) in [6.07, 6.45) is 8.96. The van der Waals surface area contributed by atoms with Crippen LogP contribution >= 0.6 is 11.8 Å². The van der Waals surface area contributed by atoms with Gasteiger partial charge in [0, 0.05) is 18.7 Å². The summed E-state index contributed by atoms with van der Waals surface area (Å²) in [5, 5.41) is 3.98. The van der Waals surface area contributed by atoms with Crippen LogP contribution in [0.25, 0.3) is 0 Å². The van der Waals surface area contributed by atoms with Gasteiger partial charge < -0.3 is 15.0 Å². The summed E-state index contributed by atoms with van der Waals surface area (Å²) in [5.74, 6) is 2.59. The van der Waals surface area contributed by atoms with E-state index in [2.05, 4.69) is 28.9 Å². The molecule has 3 fully saturated rings. The minimum atomic E-state index is 0.226. The second-order valence-electron chi connectivity index (χ2n) is 7.12. The molecule has 3 saturated heterocycles. The summed E-state index contributed by atoms with van der Waals surface area (Å²) in [7, 11) is 0. The van der Waals surface area contributed by atoms with E-state index in [0.717, 1.165) is 12.6 Å². The number of thioether (sulfide) groups is 1. The molecule has 0 aliphatic carbocycles. The predicted octanol–water partition coefficient (Wildman–Crippen LogP) is 2.90. The molecule has 0 aromatic carbocycles. The van der Waals surface area contributed by atoms with Crippen molar-refractivity contribution in [2.45, 2.75) is 69.6 Å². The second-order valence-corrected chi connectivity index (χ2v) is 8.34. The third-order valence-electron chi connectivity index (χ3n) is 5.50. The minimum absolute atomic E-state index is 0.226. The summed E-state index contributed by atoms with van der Waals surface area (Å²) in [6.45, 7) is 7.11. The van der Waals surface area contributed by atoms with Crippen molar-refractivity contribution in [3.8, 4) is 0 Å². The van der Waals surface area contributed by atoms with E-state index in [1.165, 1.54) is 76.1 Å². The summed E-state index contributed by atoms with van der Waals surface area (Å²) < 4.78 is 6.21. The van der Waals surface area contributed by atoms with E-state index in [9.17, 15) is 0 Å². The number of likely N-dealkylation sites (tertiary alicyclic amines) is 1. The second kappa shape index (κ2) is 7.67. The Bertz CT molecular complexity index is 306. The fourth-order valence-corrected chi connectivity index (χ4v) is 5.47. The van der Waals surface area contributed by atoms with E-state index in [1.807, 2.05) is 0 Å². The maximum atomic E-state index is 6.21. The maximum Gasteiger partial charge on any atom is 0.0713 e. The van der Waals surface area contributed by atoms with E-state index in [-0.39, 0.29) is 5.60 Å². The van der Waals surface area contributed by atoms with E-state index in [0.29, 0.717) is 6.04 Å². The highest BCUT2D eigenvalue weighted by Crippen LogP contribution is 2.37. The van der Waals surface area contributed by atoms with Crippen molar-refractivity contribution < 1.29 is 4.74 Å². The van der Waals surface area contributed by atoms with Crippen molar-refractivity contribution in [1.82, 2.24) is 10.2 Å². The zero-order valence-corrected chi connectivity index (χ0v) is 14.4. The molecule has 1 spiro atoms. The van der Waals surface area contributed by atoms with Crippen LogP contribution in [0, 0.1) is 0 Å². The molecule has 0 radical (unpaired) electrons. The van der Waals surface area contributed by atoms with Crippen LogP contribution in [0.2, 0.25) is 0 Å². The van der Waals surface area contributed by atoms with Crippen LogP contribution in [0.3, 0.4) is 0 Å². The molecule has 122 valence electrons. The van der Waals surface area contributed by atoms with Gasteiger partial charge in [0.2, 0.25) is 0 Å². The molecule has 0 amide bonds. The van der Waals surface area contributed by atoms with E-state index < -0.39 is 0 Å². The minimum Gasteiger partial charge on any atom is -0.375 e. The van der Waals surface area contributed by atoms with Crippen LogP contribution in [0.15, 0.2) is 0 Å². The smallest absolute Gasteiger partial charge is 0.0713 e. The van der Waals surface area contributed by atoms with Gasteiger partial charge in [-0.15, -0.1) is 0 Å². The van der Waals surface area contributed by atoms with Crippen molar-refractivity contribution in [1.29, 1.82) is 0 Å². The third-order valence-corrected chi connectivity index (χ3v) is 6.48. The van der Waals surface area contributed by atoms with E-state index in [4.69, 9.17) is 4.74 Å². The first-order chi connectivity index (χ1) is 10.3. The predicted molar refractivity (Wildman–Crippen MR) is 91.2 cm³/mol. The molecule has 1 unspecified atom stereocenters. The zero-order valence-electron chi connectivity index (χ0n) is 13.6. The van der Waals surface area contributed by atoms with Crippen molar-refractivity contribution in [2.75, 3.05) is 37.7 Å². The SMILES string of the molecule is CCCN1CCC(NC2CCOC3(CCSCC3)C2)CC1. The van der Waals surface area contributed by atoms with Gasteiger partial charge in [-0.1, -0.05) is 6.92 Å². The Morgan fingerprint density at radius 1 is 1.14 bits per heavy atom. The molecule has 3 heterocycles. The van der Waals surface area contributed by atoms with Gasteiger partial charge >= 0.3 is 0 Å². The van der Waals surface area contributed by atoms with Crippen LogP contribution < -0.4 is 5.32 Å². The molecule has 0 aromatic heterocycles. The summed E-state index contributed by atoms with van der Waals surface area (Å²) in [6, 6.07) is 1.45. The molecular weight excluding hydrogens is 280 g/mol. The Morgan fingerprint density at radius 2 is 1.90 bits per heavy atom. The lowest BCUT2D eigenvalue weighted by molar-refractivity contribution is -0.0947. The highest BCUT2D eigenvalue weighted by atomic mass is 32.2. The van der Waals surface area contributed by atoms with Crippen LogP contribution in [0.1, 0.15) is 51.9 Å². The number of ether oxygens (including phenoxy) is 1. The zero-order chi connectivity index (χ0) is 14.5. The first kappa shape index (κ1) is 16.1. The highest BCUT2D eigenvalue weighted by Gasteiger charge is 2.39. The molecule has 0 saturated carbocycles. The number of hydrogen-bond acceptors (Lipinski definition) is 4. The molecule has 4 heteroatoms. The summed E-state index contributed by atoms with van der Waals surface area (Å²) in [5.41, 5.74) is 0.226. The first-order valence-corrected chi connectivity index (χ1v) is 10.2. The molecule has 1 atom stereocenters. The Morgan fingerprint density at radius 3 is 2.62 bits per heavy atom. The molecule has 0 bridgehead atoms. The molecule has 0 aromatic rings. The Balaban J connectivity index is 1.45. The highest BCUT2D eigenvalue weighted by molar-refractivity contribution is 7.99. The Kier molecular flexibility index (Phi) is 5.88. The van der Waals surface area contributed by atoms with Gasteiger partial charge in [0.25, 0.3) is 0 Å². The monoisotopic (exact) mass is 312 g/mol. The Labute approximate surface area is 134 Å². The lowest BCUT2D eigenvalue weighted by Gasteiger charge is -2.45. The van der Waals surface area contributed by atoms with Crippen LogP contribution in [-0.2, 0) is 4.74 Å². The molecular formula is C17H32N2OS. The molecule has 21 heavy (non-hydrogen) atoms. The lowest BCUT2D eigenvalue weighted by atomic mass is 9.85. The number of hydrogen-bond donors (Lipinski definition) is 1. The van der Waals surface area contributed by atoms with Gasteiger partial charge in [-0.3, -0.25) is 0 Å². The van der Waals surface area contributed by atoms with Gasteiger partial charge in [0.15, 0.2) is 0 Å². The van der Waals surface area contributed by atoms with Crippen molar-refractivity contribution >= 4 is 11.8 Å². The van der Waals surface area contributed by atoms with Crippen molar-refractivity contribution in [3.05, 3.63) is 0 Å². The van der Waals surface area contributed by atoms with Crippen LogP contribution in [0.5, 0.6) is 0 Å². The normalized spacial score (nSPS) is 31.6. The Hall–Kier alpha value is 0.230. The standard InChI is InChI=1S/C17H32N2OS/c1-2-8-19-9-3-15(4-10-19)18-16-5-11-20-17(14-16)6-12-21-13-7-17/h15-16,18H,2-14H2,1H3. The third kappa shape index (κ3) is 4.37. The average Bonchev–Trinajstić information content (AvgIpc) is 2.50. The van der Waals surface area contributed by atoms with Crippen molar-refractivity contribution in [3.63, 3.8) is 0 Å². The van der Waals surface area contributed by atoms with E-state index >= 15 is 0 Å². The van der Waals surface area contributed by atoms with Crippen LogP contribution in [-0.4, -0.2) is 60.3 Å². The molecule has 1 N–H and O–H groups in total. The van der Waals surface area contributed by atoms with Gasteiger partial charge in [0.05, 0.1) is 5.60 Å². The van der Waals surface area contributed by atoms with Crippen molar-refractivity contribution in [2.24, 2.45) is 0 Å². The van der Waals surface area contributed by atoms with Crippen LogP contribution in [0.4, 0.5) is 0 Å². The number of nitrogens with one attached hydrogen (secondary N) is 1. The topological polar surface area (TPSA) is 24.5 Å². The fourth-order valence-electron chi connectivity index (χ4n) is 4.23. The van der Waals surface area contributed by atoms with E-state index in [1.54, 1.807) is 0 Å². The molecule has 3 aliphatic heterocycles. The molecule has 3 aliphatic rings. The summed E-state index contributed by atoms with van der Waals surface area (Å²) >= 11 is 2.10. The largest absolute Gasteiger partial charge is 0.375 e. The summed E-state index contributed by atoms with van der Waals surface area (Å²) in [4.78, 5) is 2.63. The fraction of sp³-hybridized carbons (Fsp3) is 1.00. The van der Waals surface area contributed by atoms with Gasteiger partial charge in [0.1, 0.15) is 0 Å².